The fraction of sp³-hybridized carbons (Fsp3) is 0.429. The molecular weight excluding hydrogens is 228 g/mol. The van der Waals surface area contributed by atoms with Crippen molar-refractivity contribution in [2.75, 3.05) is 11.9 Å². The molecule has 0 aromatic heterocycles. The van der Waals surface area contributed by atoms with Gasteiger partial charge >= 0.3 is 0 Å². The Labute approximate surface area is 108 Å². The SMILES string of the molecule is CCCC(=O)NCC(=O)Nc1ccc(CC)cc1. The van der Waals surface area contributed by atoms with Gasteiger partial charge in [0.15, 0.2) is 0 Å². The fourth-order valence-electron chi connectivity index (χ4n) is 1.52. The summed E-state index contributed by atoms with van der Waals surface area (Å²) in [6.07, 6.45) is 2.21. The van der Waals surface area contributed by atoms with Crippen LogP contribution >= 0.6 is 0 Å². The zero-order chi connectivity index (χ0) is 13.4. The molecule has 0 aliphatic heterocycles. The zero-order valence-corrected chi connectivity index (χ0v) is 11.0. The highest BCUT2D eigenvalue weighted by molar-refractivity contribution is 5.94. The third-order valence-electron chi connectivity index (χ3n) is 2.57. The molecule has 0 fully saturated rings. The molecule has 0 saturated carbocycles. The largest absolute Gasteiger partial charge is 0.347 e. The number of aryl methyl sites for hydroxylation is 1. The van der Waals surface area contributed by atoms with Crippen LogP contribution in [0.1, 0.15) is 32.3 Å². The minimum Gasteiger partial charge on any atom is -0.347 e. The van der Waals surface area contributed by atoms with Crippen molar-refractivity contribution in [2.24, 2.45) is 0 Å². The van der Waals surface area contributed by atoms with Crippen LogP contribution in [-0.4, -0.2) is 18.4 Å². The Morgan fingerprint density at radius 1 is 1.06 bits per heavy atom. The summed E-state index contributed by atoms with van der Waals surface area (Å²) < 4.78 is 0. The van der Waals surface area contributed by atoms with Crippen molar-refractivity contribution < 1.29 is 9.59 Å². The minimum atomic E-state index is -0.205. The van der Waals surface area contributed by atoms with Gasteiger partial charge in [-0.15, -0.1) is 0 Å². The number of carbonyl (C=O) groups excluding carboxylic acids is 2. The van der Waals surface area contributed by atoms with E-state index in [1.54, 1.807) is 0 Å². The Morgan fingerprint density at radius 2 is 1.72 bits per heavy atom. The van der Waals surface area contributed by atoms with Crippen LogP contribution in [-0.2, 0) is 16.0 Å². The first-order valence-corrected chi connectivity index (χ1v) is 6.31. The van der Waals surface area contributed by atoms with Gasteiger partial charge in [-0.1, -0.05) is 26.0 Å². The third kappa shape index (κ3) is 4.99. The number of hydrogen-bond acceptors (Lipinski definition) is 2. The molecule has 0 aliphatic rings. The van der Waals surface area contributed by atoms with Crippen molar-refractivity contribution in [3.05, 3.63) is 29.8 Å². The number of carbonyl (C=O) groups is 2. The molecule has 0 saturated heterocycles. The lowest BCUT2D eigenvalue weighted by atomic mass is 10.1. The summed E-state index contributed by atoms with van der Waals surface area (Å²) in [5.74, 6) is -0.294. The molecule has 0 spiro atoms. The first-order chi connectivity index (χ1) is 8.65. The molecule has 4 nitrogen and oxygen atoms in total. The van der Waals surface area contributed by atoms with Gasteiger partial charge in [0.25, 0.3) is 0 Å². The lowest BCUT2D eigenvalue weighted by Crippen LogP contribution is -2.32. The molecule has 2 N–H and O–H groups in total. The van der Waals surface area contributed by atoms with Crippen LogP contribution in [0.15, 0.2) is 24.3 Å². The van der Waals surface area contributed by atoms with Gasteiger partial charge in [-0.3, -0.25) is 9.59 Å². The summed E-state index contributed by atoms with van der Waals surface area (Å²) in [7, 11) is 0. The van der Waals surface area contributed by atoms with Crippen LogP contribution in [0.2, 0.25) is 0 Å². The second kappa shape index (κ2) is 7.48. The average molecular weight is 248 g/mol. The van der Waals surface area contributed by atoms with E-state index in [-0.39, 0.29) is 18.4 Å². The Balaban J connectivity index is 2.37. The van der Waals surface area contributed by atoms with Crippen molar-refractivity contribution >= 4 is 17.5 Å². The topological polar surface area (TPSA) is 58.2 Å². The highest BCUT2D eigenvalue weighted by Crippen LogP contribution is 2.09. The standard InChI is InChI=1S/C14H20N2O2/c1-3-5-13(17)15-10-14(18)16-12-8-6-11(4-2)7-9-12/h6-9H,3-5,10H2,1-2H3,(H,15,17)(H,16,18). The Bertz CT molecular complexity index is 399. The average Bonchev–Trinajstić information content (AvgIpc) is 2.38. The molecule has 98 valence electrons. The molecule has 0 atom stereocenters. The van der Waals surface area contributed by atoms with Gasteiger partial charge in [0, 0.05) is 12.1 Å². The molecule has 0 heterocycles. The zero-order valence-electron chi connectivity index (χ0n) is 11.0. The van der Waals surface area contributed by atoms with E-state index < -0.39 is 0 Å². The van der Waals surface area contributed by atoms with Crippen molar-refractivity contribution in [3.63, 3.8) is 0 Å². The number of rotatable bonds is 6. The molecule has 0 unspecified atom stereocenters. The van der Waals surface area contributed by atoms with Crippen LogP contribution < -0.4 is 10.6 Å². The first-order valence-electron chi connectivity index (χ1n) is 6.31. The van der Waals surface area contributed by atoms with Gasteiger partial charge in [-0.05, 0) is 30.5 Å². The molecule has 2 amide bonds. The maximum atomic E-state index is 11.5. The number of benzene rings is 1. The molecule has 0 aliphatic carbocycles. The normalized spacial score (nSPS) is 9.89. The summed E-state index contributed by atoms with van der Waals surface area (Å²) in [6.45, 7) is 4.03. The van der Waals surface area contributed by atoms with E-state index in [9.17, 15) is 9.59 Å². The third-order valence-corrected chi connectivity index (χ3v) is 2.57. The number of anilines is 1. The molecule has 1 aromatic rings. The lowest BCUT2D eigenvalue weighted by molar-refractivity contribution is -0.124. The maximum Gasteiger partial charge on any atom is 0.243 e. The van der Waals surface area contributed by atoms with Gasteiger partial charge in [0.05, 0.1) is 6.54 Å². The lowest BCUT2D eigenvalue weighted by Gasteiger charge is -2.07. The summed E-state index contributed by atoms with van der Waals surface area (Å²) in [6, 6.07) is 7.69. The quantitative estimate of drug-likeness (QED) is 0.810. The van der Waals surface area contributed by atoms with Crippen LogP contribution in [0.5, 0.6) is 0 Å². The van der Waals surface area contributed by atoms with Crippen molar-refractivity contribution in [1.82, 2.24) is 5.32 Å². The van der Waals surface area contributed by atoms with E-state index in [2.05, 4.69) is 17.6 Å². The van der Waals surface area contributed by atoms with Gasteiger partial charge in [0.1, 0.15) is 0 Å². The second-order valence-corrected chi connectivity index (χ2v) is 4.13. The Kier molecular flexibility index (Phi) is 5.91. The Morgan fingerprint density at radius 3 is 2.28 bits per heavy atom. The summed E-state index contributed by atoms with van der Waals surface area (Å²) in [4.78, 5) is 22.7. The summed E-state index contributed by atoms with van der Waals surface area (Å²) >= 11 is 0. The number of nitrogens with one attached hydrogen (secondary N) is 2. The van der Waals surface area contributed by atoms with E-state index in [0.717, 1.165) is 18.5 Å². The van der Waals surface area contributed by atoms with E-state index >= 15 is 0 Å². The van der Waals surface area contributed by atoms with Crippen molar-refractivity contribution in [3.8, 4) is 0 Å². The maximum absolute atomic E-state index is 11.5. The van der Waals surface area contributed by atoms with E-state index in [1.807, 2.05) is 31.2 Å². The first kappa shape index (κ1) is 14.2. The smallest absolute Gasteiger partial charge is 0.243 e. The summed E-state index contributed by atoms with van der Waals surface area (Å²) in [5.41, 5.74) is 1.98. The van der Waals surface area contributed by atoms with E-state index in [0.29, 0.717) is 6.42 Å². The van der Waals surface area contributed by atoms with Crippen LogP contribution in [0.4, 0.5) is 5.69 Å². The molecule has 18 heavy (non-hydrogen) atoms. The molecule has 0 radical (unpaired) electrons. The van der Waals surface area contributed by atoms with Gasteiger partial charge in [-0.25, -0.2) is 0 Å². The predicted octanol–water partition coefficient (Wildman–Crippen LogP) is 2.10. The highest BCUT2D eigenvalue weighted by atomic mass is 16.2. The van der Waals surface area contributed by atoms with Gasteiger partial charge < -0.3 is 10.6 Å². The molecule has 4 heteroatoms. The molecule has 1 aromatic carbocycles. The number of amides is 2. The van der Waals surface area contributed by atoms with Crippen LogP contribution in [0.3, 0.4) is 0 Å². The molecule has 0 bridgehead atoms. The molecule has 1 rings (SSSR count). The fourth-order valence-corrected chi connectivity index (χ4v) is 1.52. The second-order valence-electron chi connectivity index (χ2n) is 4.13. The summed E-state index contributed by atoms with van der Waals surface area (Å²) in [5, 5.41) is 5.31. The van der Waals surface area contributed by atoms with Crippen molar-refractivity contribution in [1.29, 1.82) is 0 Å². The van der Waals surface area contributed by atoms with E-state index in [1.165, 1.54) is 5.56 Å². The van der Waals surface area contributed by atoms with Crippen molar-refractivity contribution in [2.45, 2.75) is 33.1 Å². The Hall–Kier alpha value is -1.84. The van der Waals surface area contributed by atoms with Gasteiger partial charge in [-0.2, -0.15) is 0 Å². The highest BCUT2D eigenvalue weighted by Gasteiger charge is 2.04. The molecular formula is C14H20N2O2. The number of hydrogen-bond donors (Lipinski definition) is 2. The van der Waals surface area contributed by atoms with Crippen LogP contribution in [0, 0.1) is 0 Å². The van der Waals surface area contributed by atoms with Gasteiger partial charge in [0.2, 0.25) is 11.8 Å². The van der Waals surface area contributed by atoms with E-state index in [4.69, 9.17) is 0 Å². The predicted molar refractivity (Wildman–Crippen MR) is 72.4 cm³/mol. The van der Waals surface area contributed by atoms with Crippen LogP contribution in [0.25, 0.3) is 0 Å². The minimum absolute atomic E-state index is 0.0222. The monoisotopic (exact) mass is 248 g/mol.